The third kappa shape index (κ3) is 3.41. The van der Waals surface area contributed by atoms with Gasteiger partial charge in [-0.15, -0.1) is 15.3 Å². The molecule has 130 valence electrons. The van der Waals surface area contributed by atoms with Gasteiger partial charge >= 0.3 is 0 Å². The zero-order valence-corrected chi connectivity index (χ0v) is 14.5. The summed E-state index contributed by atoms with van der Waals surface area (Å²) in [5.41, 5.74) is 3.80. The van der Waals surface area contributed by atoms with E-state index in [0.29, 0.717) is 18.9 Å². The van der Waals surface area contributed by atoms with Crippen LogP contribution in [-0.2, 0) is 11.3 Å². The molecule has 1 N–H and O–H groups in total. The van der Waals surface area contributed by atoms with E-state index in [1.807, 2.05) is 73.7 Å². The fourth-order valence-corrected chi connectivity index (χ4v) is 2.67. The molecule has 0 saturated carbocycles. The average molecular weight is 345 g/mol. The van der Waals surface area contributed by atoms with Crippen molar-refractivity contribution in [2.45, 2.75) is 13.5 Å². The number of fused-ring (bicyclic) bond motifs is 1. The van der Waals surface area contributed by atoms with Crippen LogP contribution in [0.2, 0.25) is 0 Å². The molecule has 26 heavy (non-hydrogen) atoms. The lowest BCUT2D eigenvalue weighted by molar-refractivity contribution is 0.134. The molecule has 0 aliphatic carbocycles. The maximum atomic E-state index is 5.42. The molecule has 0 aliphatic heterocycles. The summed E-state index contributed by atoms with van der Waals surface area (Å²) in [6.07, 6.45) is 0. The van der Waals surface area contributed by atoms with Gasteiger partial charge in [-0.3, -0.25) is 0 Å². The van der Waals surface area contributed by atoms with Gasteiger partial charge in [0, 0.05) is 17.9 Å². The van der Waals surface area contributed by atoms with Crippen LogP contribution >= 0.6 is 0 Å². The molecule has 0 aliphatic rings. The molecule has 0 bridgehead atoms. The third-order valence-electron chi connectivity index (χ3n) is 3.99. The zero-order chi connectivity index (χ0) is 17.8. The maximum Gasteiger partial charge on any atom is 0.185 e. The highest BCUT2D eigenvalue weighted by atomic mass is 16.5. The van der Waals surface area contributed by atoms with E-state index in [4.69, 9.17) is 4.74 Å². The van der Waals surface area contributed by atoms with Gasteiger partial charge in [0.25, 0.3) is 0 Å². The molecular weight excluding hydrogens is 326 g/mol. The first kappa shape index (κ1) is 16.2. The lowest BCUT2D eigenvalue weighted by Gasteiger charge is -2.08. The second-order valence-corrected chi connectivity index (χ2v) is 5.84. The molecule has 0 amide bonds. The van der Waals surface area contributed by atoms with Crippen molar-refractivity contribution in [1.82, 2.24) is 19.8 Å². The van der Waals surface area contributed by atoms with Gasteiger partial charge < -0.3 is 10.1 Å². The lowest BCUT2D eigenvalue weighted by atomic mass is 10.2. The molecule has 2 heterocycles. The quantitative estimate of drug-likeness (QED) is 0.571. The van der Waals surface area contributed by atoms with Gasteiger partial charge in [-0.25, -0.2) is 0 Å². The van der Waals surface area contributed by atoms with Crippen LogP contribution in [0.15, 0.2) is 66.7 Å². The number of aromatic nitrogens is 4. The Kier molecular flexibility index (Phi) is 4.57. The number of benzene rings is 2. The van der Waals surface area contributed by atoms with Gasteiger partial charge in [0.15, 0.2) is 17.3 Å². The summed E-state index contributed by atoms with van der Waals surface area (Å²) in [4.78, 5) is 0. The second kappa shape index (κ2) is 7.33. The summed E-state index contributed by atoms with van der Waals surface area (Å²) in [6, 6.07) is 21.8. The topological polar surface area (TPSA) is 64.3 Å². The van der Waals surface area contributed by atoms with Crippen molar-refractivity contribution in [1.29, 1.82) is 0 Å². The van der Waals surface area contributed by atoms with E-state index in [2.05, 4.69) is 20.6 Å². The Bertz CT molecular complexity index is 996. The Hall–Kier alpha value is -3.25. The molecule has 2 aromatic carbocycles. The molecular formula is C20H19N5O. The molecule has 0 radical (unpaired) electrons. The molecule has 0 unspecified atom stereocenters. The first-order valence-electron chi connectivity index (χ1n) is 8.55. The standard InChI is InChI=1S/C20H19N5O/c1-2-26-14-15-8-10-17(11-9-15)21-18-12-13-19-22-23-20(25(19)24-18)16-6-4-3-5-7-16/h3-13H,2,14H2,1H3,(H,21,24). The number of hydrogen-bond acceptors (Lipinski definition) is 5. The average Bonchev–Trinajstić information content (AvgIpc) is 3.11. The largest absolute Gasteiger partial charge is 0.377 e. The lowest BCUT2D eigenvalue weighted by Crippen LogP contribution is -2.00. The monoisotopic (exact) mass is 345 g/mol. The molecule has 0 fully saturated rings. The van der Waals surface area contributed by atoms with Gasteiger partial charge in [0.05, 0.1) is 6.61 Å². The van der Waals surface area contributed by atoms with E-state index in [-0.39, 0.29) is 0 Å². The van der Waals surface area contributed by atoms with Gasteiger partial charge in [-0.1, -0.05) is 42.5 Å². The molecule has 0 saturated heterocycles. The molecule has 6 nitrogen and oxygen atoms in total. The van der Waals surface area contributed by atoms with Crippen LogP contribution in [0, 0.1) is 0 Å². The third-order valence-corrected chi connectivity index (χ3v) is 3.99. The van der Waals surface area contributed by atoms with Crippen molar-refractivity contribution in [3.05, 3.63) is 72.3 Å². The Morgan fingerprint density at radius 2 is 1.73 bits per heavy atom. The Morgan fingerprint density at radius 3 is 2.50 bits per heavy atom. The van der Waals surface area contributed by atoms with Crippen LogP contribution in [-0.4, -0.2) is 26.4 Å². The van der Waals surface area contributed by atoms with Crippen LogP contribution in [0.1, 0.15) is 12.5 Å². The van der Waals surface area contributed by atoms with Crippen molar-refractivity contribution >= 4 is 17.2 Å². The number of nitrogens with one attached hydrogen (secondary N) is 1. The summed E-state index contributed by atoms with van der Waals surface area (Å²) in [6.45, 7) is 3.33. The fraction of sp³-hybridized carbons (Fsp3) is 0.150. The van der Waals surface area contributed by atoms with Crippen molar-refractivity contribution in [2.24, 2.45) is 0 Å². The van der Waals surface area contributed by atoms with E-state index in [1.165, 1.54) is 0 Å². The van der Waals surface area contributed by atoms with E-state index < -0.39 is 0 Å². The minimum absolute atomic E-state index is 0.627. The minimum atomic E-state index is 0.627. The summed E-state index contributed by atoms with van der Waals surface area (Å²) < 4.78 is 7.17. The number of nitrogens with zero attached hydrogens (tertiary/aromatic N) is 4. The van der Waals surface area contributed by atoms with E-state index in [0.717, 1.165) is 28.5 Å². The predicted molar refractivity (Wildman–Crippen MR) is 101 cm³/mol. The molecule has 4 aromatic rings. The Labute approximate surface area is 151 Å². The zero-order valence-electron chi connectivity index (χ0n) is 14.5. The summed E-state index contributed by atoms with van der Waals surface area (Å²) in [5, 5.41) is 16.4. The van der Waals surface area contributed by atoms with E-state index in [9.17, 15) is 0 Å². The highest BCUT2D eigenvalue weighted by Crippen LogP contribution is 2.20. The summed E-state index contributed by atoms with van der Waals surface area (Å²) in [7, 11) is 0. The van der Waals surface area contributed by atoms with Crippen LogP contribution in [0.25, 0.3) is 17.0 Å². The van der Waals surface area contributed by atoms with Gasteiger partial charge in [0.2, 0.25) is 0 Å². The summed E-state index contributed by atoms with van der Waals surface area (Å²) in [5.74, 6) is 1.45. The molecule has 0 spiro atoms. The molecule has 6 heteroatoms. The summed E-state index contributed by atoms with van der Waals surface area (Å²) >= 11 is 0. The van der Waals surface area contributed by atoms with Gasteiger partial charge in [-0.05, 0) is 36.8 Å². The molecule has 4 rings (SSSR count). The normalized spacial score (nSPS) is 11.0. The molecule has 0 atom stereocenters. The SMILES string of the molecule is CCOCc1ccc(Nc2ccc3nnc(-c4ccccc4)n3n2)cc1. The number of hydrogen-bond donors (Lipinski definition) is 1. The Balaban J connectivity index is 1.59. The van der Waals surface area contributed by atoms with Crippen LogP contribution in [0.4, 0.5) is 11.5 Å². The Morgan fingerprint density at radius 1 is 0.923 bits per heavy atom. The van der Waals surface area contributed by atoms with Crippen LogP contribution in [0.5, 0.6) is 0 Å². The van der Waals surface area contributed by atoms with E-state index in [1.54, 1.807) is 4.52 Å². The number of rotatable bonds is 6. The van der Waals surface area contributed by atoms with Crippen LogP contribution < -0.4 is 5.32 Å². The van der Waals surface area contributed by atoms with Crippen LogP contribution in [0.3, 0.4) is 0 Å². The second-order valence-electron chi connectivity index (χ2n) is 5.84. The van der Waals surface area contributed by atoms with Crippen molar-refractivity contribution in [3.8, 4) is 11.4 Å². The van der Waals surface area contributed by atoms with Gasteiger partial charge in [0.1, 0.15) is 0 Å². The highest BCUT2D eigenvalue weighted by Gasteiger charge is 2.09. The van der Waals surface area contributed by atoms with Crippen molar-refractivity contribution in [3.63, 3.8) is 0 Å². The highest BCUT2D eigenvalue weighted by molar-refractivity contribution is 5.61. The minimum Gasteiger partial charge on any atom is -0.377 e. The number of ether oxygens (including phenoxy) is 1. The predicted octanol–water partition coefficient (Wildman–Crippen LogP) is 4.07. The smallest absolute Gasteiger partial charge is 0.185 e. The van der Waals surface area contributed by atoms with E-state index >= 15 is 0 Å². The first-order chi connectivity index (χ1) is 12.8. The molecule has 2 aromatic heterocycles. The number of anilines is 2. The maximum absolute atomic E-state index is 5.42. The van der Waals surface area contributed by atoms with Gasteiger partial charge in [-0.2, -0.15) is 4.52 Å². The van der Waals surface area contributed by atoms with Crippen molar-refractivity contribution < 1.29 is 4.74 Å². The fourth-order valence-electron chi connectivity index (χ4n) is 2.67. The first-order valence-corrected chi connectivity index (χ1v) is 8.55. The van der Waals surface area contributed by atoms with Crippen molar-refractivity contribution in [2.75, 3.05) is 11.9 Å².